The fourth-order valence-corrected chi connectivity index (χ4v) is 8.20. The Morgan fingerprint density at radius 3 is 2.03 bits per heavy atom. The molecular weight excluding hydrogens is 746 g/mol. The molecule has 0 bridgehead atoms. The molecular formula is C49H66FN3O6. The number of hydrogen-bond donors (Lipinski definition) is 2. The monoisotopic (exact) mass is 811 g/mol. The third kappa shape index (κ3) is 14.5. The van der Waals surface area contributed by atoms with E-state index in [0.29, 0.717) is 29.4 Å². The quantitative estimate of drug-likeness (QED) is 0.0520. The summed E-state index contributed by atoms with van der Waals surface area (Å²) in [6, 6.07) is 18.5. The lowest BCUT2D eigenvalue weighted by atomic mass is 9.85. The molecule has 0 unspecified atom stereocenters. The normalized spacial score (nSPS) is 13.4. The number of methoxy groups -OCH3 is 1. The molecule has 1 atom stereocenters. The minimum atomic E-state index is -0.785. The Hall–Kier alpha value is -4.73. The first-order chi connectivity index (χ1) is 28.5. The second-order valence-electron chi connectivity index (χ2n) is 17.0. The Morgan fingerprint density at radius 1 is 0.780 bits per heavy atom. The topological polar surface area (TPSA) is 124 Å². The zero-order chi connectivity index (χ0) is 42.0. The summed E-state index contributed by atoms with van der Waals surface area (Å²) in [5.74, 6) is -0.172. The van der Waals surface area contributed by atoms with Crippen LogP contribution in [0.3, 0.4) is 0 Å². The van der Waals surface area contributed by atoms with Gasteiger partial charge in [-0.2, -0.15) is 0 Å². The zero-order valence-corrected chi connectivity index (χ0v) is 35.6. The van der Waals surface area contributed by atoms with Crippen LogP contribution in [-0.4, -0.2) is 44.3 Å². The van der Waals surface area contributed by atoms with Crippen LogP contribution in [0.15, 0.2) is 66.9 Å². The maximum Gasteiger partial charge on any atom is 0.303 e. The van der Waals surface area contributed by atoms with Crippen molar-refractivity contribution in [3.05, 3.63) is 95.1 Å². The minimum absolute atomic E-state index is 0.0170. The van der Waals surface area contributed by atoms with E-state index >= 15 is 4.39 Å². The molecule has 3 aromatic carbocycles. The van der Waals surface area contributed by atoms with E-state index in [1.165, 1.54) is 70.3 Å². The number of halogens is 1. The number of ether oxygens (including phenoxy) is 2. The number of carboxylic acid groups (broad SMARTS) is 2. The van der Waals surface area contributed by atoms with E-state index in [4.69, 9.17) is 14.6 Å². The van der Waals surface area contributed by atoms with Crippen LogP contribution < -0.4 is 9.47 Å². The molecule has 0 radical (unpaired) electrons. The van der Waals surface area contributed by atoms with E-state index in [1.807, 2.05) is 47.3 Å². The first kappa shape index (κ1) is 45.4. The van der Waals surface area contributed by atoms with E-state index < -0.39 is 17.5 Å². The van der Waals surface area contributed by atoms with Crippen molar-refractivity contribution in [2.75, 3.05) is 7.11 Å². The summed E-state index contributed by atoms with van der Waals surface area (Å²) < 4.78 is 29.2. The van der Waals surface area contributed by atoms with Gasteiger partial charge >= 0.3 is 11.9 Å². The van der Waals surface area contributed by atoms with E-state index in [2.05, 4.69) is 30.2 Å². The molecule has 59 heavy (non-hydrogen) atoms. The highest BCUT2D eigenvalue weighted by molar-refractivity contribution is 5.71. The number of hydrogen-bond acceptors (Lipinski definition) is 6. The fraction of sp³-hybridized carbons (Fsp3) is 0.551. The predicted molar refractivity (Wildman–Crippen MR) is 231 cm³/mol. The molecule has 0 amide bonds. The van der Waals surface area contributed by atoms with Gasteiger partial charge in [0.1, 0.15) is 23.9 Å². The van der Waals surface area contributed by atoms with Crippen LogP contribution >= 0.6 is 0 Å². The number of carboxylic acids is 2. The lowest BCUT2D eigenvalue weighted by Gasteiger charge is -2.29. The first-order valence-electron chi connectivity index (χ1n) is 22.1. The van der Waals surface area contributed by atoms with Crippen LogP contribution in [0, 0.1) is 11.7 Å². The highest BCUT2D eigenvalue weighted by Crippen LogP contribution is 2.45. The van der Waals surface area contributed by atoms with Crippen molar-refractivity contribution in [3.8, 4) is 22.6 Å². The van der Waals surface area contributed by atoms with E-state index in [0.717, 1.165) is 79.3 Å². The lowest BCUT2D eigenvalue weighted by Crippen LogP contribution is -2.29. The summed E-state index contributed by atoms with van der Waals surface area (Å²) >= 11 is 0. The van der Waals surface area contributed by atoms with Gasteiger partial charge < -0.3 is 19.7 Å². The van der Waals surface area contributed by atoms with Crippen molar-refractivity contribution in [1.82, 2.24) is 15.0 Å². The van der Waals surface area contributed by atoms with Crippen LogP contribution in [0.2, 0.25) is 0 Å². The van der Waals surface area contributed by atoms with Crippen LogP contribution in [0.25, 0.3) is 11.1 Å². The molecule has 0 saturated heterocycles. The van der Waals surface area contributed by atoms with E-state index in [1.54, 1.807) is 19.2 Å². The number of nitrogens with zero attached hydrogens (tertiary/aromatic N) is 3. The zero-order valence-electron chi connectivity index (χ0n) is 35.6. The van der Waals surface area contributed by atoms with Gasteiger partial charge in [-0.3, -0.25) is 9.59 Å². The number of unbranched alkanes of at least 4 members (excludes halogenated alkanes) is 14. The molecule has 5 rings (SSSR count). The molecule has 1 heterocycles. The van der Waals surface area contributed by atoms with Gasteiger partial charge in [-0.05, 0) is 116 Å². The molecule has 1 saturated carbocycles. The second kappa shape index (κ2) is 23.2. The lowest BCUT2D eigenvalue weighted by molar-refractivity contribution is -0.138. The predicted octanol–water partition coefficient (Wildman–Crippen LogP) is 12.3. The van der Waals surface area contributed by atoms with Crippen LogP contribution in [-0.2, 0) is 28.2 Å². The third-order valence-corrected chi connectivity index (χ3v) is 11.9. The molecule has 4 aromatic rings. The van der Waals surface area contributed by atoms with Crippen molar-refractivity contribution in [2.45, 2.75) is 160 Å². The number of aromatic nitrogens is 3. The van der Waals surface area contributed by atoms with E-state index in [9.17, 15) is 14.7 Å². The van der Waals surface area contributed by atoms with Gasteiger partial charge in [0.2, 0.25) is 0 Å². The number of rotatable bonds is 29. The van der Waals surface area contributed by atoms with Gasteiger partial charge in [-0.25, -0.2) is 9.07 Å². The molecule has 0 spiro atoms. The average Bonchev–Trinajstić information content (AvgIpc) is 3.95. The van der Waals surface area contributed by atoms with Crippen LogP contribution in [0.4, 0.5) is 4.39 Å². The molecule has 1 aromatic heterocycles. The average molecular weight is 812 g/mol. The summed E-state index contributed by atoms with van der Waals surface area (Å²) in [6.45, 7) is 4.43. The summed E-state index contributed by atoms with van der Waals surface area (Å²) in [7, 11) is 1.58. The summed E-state index contributed by atoms with van der Waals surface area (Å²) in [5, 5.41) is 27.4. The molecule has 1 fully saturated rings. The number of aryl methyl sites for hydroxylation is 1. The summed E-state index contributed by atoms with van der Waals surface area (Å²) in [4.78, 5) is 22.2. The van der Waals surface area contributed by atoms with Gasteiger partial charge in [0.15, 0.2) is 0 Å². The maximum atomic E-state index is 15.5. The molecule has 10 heteroatoms. The first-order valence-corrected chi connectivity index (χ1v) is 22.1. The highest BCUT2D eigenvalue weighted by Gasteiger charge is 2.34. The Balaban J connectivity index is 1.13. The minimum Gasteiger partial charge on any atom is -0.497 e. The van der Waals surface area contributed by atoms with Crippen LogP contribution in [0.1, 0.15) is 164 Å². The maximum absolute atomic E-state index is 15.5. The Bertz CT molecular complexity index is 1920. The highest BCUT2D eigenvalue weighted by atomic mass is 19.1. The Morgan fingerprint density at radius 2 is 1.42 bits per heavy atom. The van der Waals surface area contributed by atoms with Crippen molar-refractivity contribution in [1.29, 1.82) is 0 Å². The second-order valence-corrected chi connectivity index (χ2v) is 17.0. The van der Waals surface area contributed by atoms with Crippen molar-refractivity contribution >= 4 is 11.9 Å². The van der Waals surface area contributed by atoms with Gasteiger partial charge in [-0.15, -0.1) is 5.10 Å². The smallest absolute Gasteiger partial charge is 0.303 e. The molecule has 2 N–H and O–H groups in total. The summed E-state index contributed by atoms with van der Waals surface area (Å²) in [6.07, 6.45) is 23.4. The largest absolute Gasteiger partial charge is 0.497 e. The summed E-state index contributed by atoms with van der Waals surface area (Å²) in [5.41, 5.74) is 4.20. The van der Waals surface area contributed by atoms with Gasteiger partial charge in [-0.1, -0.05) is 113 Å². The SMILES string of the molecule is COc1ccc(F)c(-c2ccc(COc3cccc([C@@H](CC(=O)O)C4CC4)c3)cc2C(C)(C)n2cc(CCCCCCCCCCCCCCCCCC(=O)O)nn2)c1. The van der Waals surface area contributed by atoms with Crippen molar-refractivity contribution in [3.63, 3.8) is 0 Å². The Labute approximate surface area is 350 Å². The number of carbonyl (C=O) groups is 2. The van der Waals surface area contributed by atoms with Crippen LogP contribution in [0.5, 0.6) is 11.5 Å². The fourth-order valence-electron chi connectivity index (χ4n) is 8.20. The number of benzene rings is 3. The van der Waals surface area contributed by atoms with Gasteiger partial charge in [0, 0.05) is 18.2 Å². The van der Waals surface area contributed by atoms with Gasteiger partial charge in [0.25, 0.3) is 0 Å². The number of aliphatic carboxylic acids is 2. The third-order valence-electron chi connectivity index (χ3n) is 11.9. The van der Waals surface area contributed by atoms with Crippen molar-refractivity contribution in [2.24, 2.45) is 5.92 Å². The molecule has 320 valence electrons. The molecule has 1 aliphatic rings. The van der Waals surface area contributed by atoms with Crippen molar-refractivity contribution < 1.29 is 33.7 Å². The standard InChI is InChI=1S/C49H66FN3O6/c1-49(2,53-34-39(51-52-53)21-17-15-13-11-9-7-5-4-6-8-10-12-14-16-18-23-47(54)55)45-30-36(24-28-42(45)44-32-40(58-3)27-29-46(44)50)35-59-41-22-19-20-38(31-41)43(33-48(56)57)37-25-26-37/h19-20,22,24,27-32,34,37,43H,4-18,21,23,25-26,33,35H2,1-3H3,(H,54,55)(H,56,57)/t43-/m0/s1. The molecule has 0 aliphatic heterocycles. The Kier molecular flexibility index (Phi) is 17.8. The molecule has 9 nitrogen and oxygen atoms in total. The van der Waals surface area contributed by atoms with E-state index in [-0.39, 0.29) is 24.8 Å². The molecule has 1 aliphatic carbocycles. The van der Waals surface area contributed by atoms with Gasteiger partial charge in [0.05, 0.1) is 24.8 Å².